The Morgan fingerprint density at radius 2 is 1.73 bits per heavy atom. The smallest absolute Gasteiger partial charge is 0.344 e. The number of anilines is 4. The topological polar surface area (TPSA) is 123 Å². The highest BCUT2D eigenvalue weighted by Crippen LogP contribution is 2.29. The molecule has 1 fully saturated rings. The number of nitrogens with one attached hydrogen (secondary N) is 2. The SMILES string of the molecule is COc1cc(/C=N\Nc2nc(Nc3ccccc3)nc(N3CCOCC3)n2)ccc1OC(=O)c1ccccc1Br. The van der Waals surface area contributed by atoms with Gasteiger partial charge in [0.25, 0.3) is 0 Å². The van der Waals surface area contributed by atoms with Crippen LogP contribution in [-0.2, 0) is 4.74 Å². The molecule has 0 aliphatic carbocycles. The molecule has 4 aromatic rings. The number of carbonyl (C=O) groups excluding carboxylic acids is 1. The summed E-state index contributed by atoms with van der Waals surface area (Å²) in [7, 11) is 1.50. The third-order valence-corrected chi connectivity index (χ3v) is 6.50. The Morgan fingerprint density at radius 1 is 0.975 bits per heavy atom. The Kier molecular flexibility index (Phi) is 8.79. The summed E-state index contributed by atoms with van der Waals surface area (Å²) < 4.78 is 17.1. The first-order valence-electron chi connectivity index (χ1n) is 12.4. The van der Waals surface area contributed by atoms with Crippen molar-refractivity contribution in [1.29, 1.82) is 0 Å². The number of carbonyl (C=O) groups is 1. The minimum absolute atomic E-state index is 0.275. The Balaban J connectivity index is 1.31. The minimum atomic E-state index is -0.500. The second-order valence-electron chi connectivity index (χ2n) is 8.52. The molecule has 0 amide bonds. The van der Waals surface area contributed by atoms with Gasteiger partial charge in [-0.3, -0.25) is 0 Å². The van der Waals surface area contributed by atoms with Crippen molar-refractivity contribution >= 4 is 51.6 Å². The molecule has 11 nitrogen and oxygen atoms in total. The minimum Gasteiger partial charge on any atom is -0.493 e. The normalized spacial score (nSPS) is 13.2. The molecule has 2 heterocycles. The summed E-state index contributed by atoms with van der Waals surface area (Å²) in [6.07, 6.45) is 1.59. The van der Waals surface area contributed by atoms with E-state index in [9.17, 15) is 4.79 Å². The fourth-order valence-corrected chi connectivity index (χ4v) is 4.27. The standard InChI is InChI=1S/C28H26BrN7O4/c1-38-24-17-19(11-12-23(24)40-25(37)21-9-5-6-10-22(21)29)18-30-35-27-32-26(31-20-7-3-2-4-8-20)33-28(34-27)36-13-15-39-16-14-36/h2-12,17-18H,13-16H2,1H3,(H2,31,32,33,34,35)/b30-18-. The zero-order valence-corrected chi connectivity index (χ0v) is 23.2. The van der Waals surface area contributed by atoms with Crippen LogP contribution >= 0.6 is 15.9 Å². The molecule has 5 rings (SSSR count). The monoisotopic (exact) mass is 603 g/mol. The lowest BCUT2D eigenvalue weighted by Gasteiger charge is -2.27. The molecule has 0 spiro atoms. The summed E-state index contributed by atoms with van der Waals surface area (Å²) in [4.78, 5) is 28.3. The van der Waals surface area contributed by atoms with Crippen molar-refractivity contribution in [3.63, 3.8) is 0 Å². The maximum Gasteiger partial charge on any atom is 0.344 e. The Morgan fingerprint density at radius 3 is 2.50 bits per heavy atom. The van der Waals surface area contributed by atoms with E-state index in [1.54, 1.807) is 42.6 Å². The van der Waals surface area contributed by atoms with Gasteiger partial charge in [0, 0.05) is 23.2 Å². The van der Waals surface area contributed by atoms with Gasteiger partial charge in [0.15, 0.2) is 11.5 Å². The van der Waals surface area contributed by atoms with Gasteiger partial charge in [-0.25, -0.2) is 10.2 Å². The summed E-state index contributed by atoms with van der Waals surface area (Å²) in [6, 6.07) is 21.8. The molecule has 40 heavy (non-hydrogen) atoms. The lowest BCUT2D eigenvalue weighted by atomic mass is 10.2. The van der Waals surface area contributed by atoms with Gasteiger partial charge in [-0.1, -0.05) is 30.3 Å². The lowest BCUT2D eigenvalue weighted by Crippen LogP contribution is -2.37. The van der Waals surface area contributed by atoms with Crippen LogP contribution in [0.4, 0.5) is 23.5 Å². The number of hydrazone groups is 1. The number of nitrogens with zero attached hydrogens (tertiary/aromatic N) is 5. The number of morpholine rings is 1. The lowest BCUT2D eigenvalue weighted by molar-refractivity contribution is 0.0728. The number of methoxy groups -OCH3 is 1. The maximum atomic E-state index is 12.6. The van der Waals surface area contributed by atoms with Crippen molar-refractivity contribution in [2.75, 3.05) is 49.1 Å². The number of hydrogen-bond donors (Lipinski definition) is 2. The predicted octanol–water partition coefficient (Wildman–Crippen LogP) is 4.89. The molecule has 0 bridgehead atoms. The van der Waals surface area contributed by atoms with E-state index < -0.39 is 5.97 Å². The van der Waals surface area contributed by atoms with Crippen molar-refractivity contribution in [2.24, 2.45) is 5.10 Å². The average molecular weight is 604 g/mol. The van der Waals surface area contributed by atoms with Crippen LogP contribution in [0.25, 0.3) is 0 Å². The summed E-state index contributed by atoms with van der Waals surface area (Å²) in [6.45, 7) is 2.55. The molecule has 1 aliphatic heterocycles. The zero-order chi connectivity index (χ0) is 27.7. The van der Waals surface area contributed by atoms with Crippen molar-refractivity contribution in [3.05, 3.63) is 88.4 Å². The van der Waals surface area contributed by atoms with E-state index in [0.717, 1.165) is 5.69 Å². The Hall–Kier alpha value is -4.55. The van der Waals surface area contributed by atoms with Gasteiger partial charge in [0.05, 0.1) is 32.1 Å². The van der Waals surface area contributed by atoms with Crippen LogP contribution in [0.15, 0.2) is 82.4 Å². The van der Waals surface area contributed by atoms with Crippen molar-refractivity contribution in [2.45, 2.75) is 0 Å². The first kappa shape index (κ1) is 27.0. The molecule has 1 aliphatic rings. The second kappa shape index (κ2) is 13.0. The summed E-state index contributed by atoms with van der Waals surface area (Å²) in [5.41, 5.74) is 4.85. The third kappa shape index (κ3) is 6.90. The van der Waals surface area contributed by atoms with Crippen molar-refractivity contribution in [1.82, 2.24) is 15.0 Å². The third-order valence-electron chi connectivity index (χ3n) is 5.81. The molecule has 0 atom stereocenters. The number of rotatable bonds is 9. The number of aromatic nitrogens is 3. The van der Waals surface area contributed by atoms with Crippen LogP contribution in [0.5, 0.6) is 11.5 Å². The van der Waals surface area contributed by atoms with Gasteiger partial charge in [-0.15, -0.1) is 0 Å². The van der Waals surface area contributed by atoms with E-state index in [2.05, 4.69) is 46.7 Å². The van der Waals surface area contributed by atoms with Crippen LogP contribution in [0, 0.1) is 0 Å². The van der Waals surface area contributed by atoms with Crippen LogP contribution in [0.1, 0.15) is 15.9 Å². The molecule has 12 heteroatoms. The molecule has 204 valence electrons. The summed E-state index contributed by atoms with van der Waals surface area (Å²) in [5.74, 6) is 1.36. The zero-order valence-electron chi connectivity index (χ0n) is 21.6. The summed E-state index contributed by atoms with van der Waals surface area (Å²) >= 11 is 3.37. The highest BCUT2D eigenvalue weighted by atomic mass is 79.9. The van der Waals surface area contributed by atoms with E-state index in [4.69, 9.17) is 14.2 Å². The van der Waals surface area contributed by atoms with Gasteiger partial charge >= 0.3 is 5.97 Å². The number of benzene rings is 3. The number of ether oxygens (including phenoxy) is 3. The Bertz CT molecular complexity index is 1500. The second-order valence-corrected chi connectivity index (χ2v) is 9.38. The first-order chi connectivity index (χ1) is 19.6. The van der Waals surface area contributed by atoms with E-state index >= 15 is 0 Å². The Labute approximate surface area is 239 Å². The number of esters is 1. The fraction of sp³-hybridized carbons (Fsp3) is 0.179. The predicted molar refractivity (Wildman–Crippen MR) is 156 cm³/mol. The highest BCUT2D eigenvalue weighted by Gasteiger charge is 2.17. The largest absolute Gasteiger partial charge is 0.493 e. The van der Waals surface area contributed by atoms with E-state index in [-0.39, 0.29) is 11.7 Å². The molecule has 0 saturated carbocycles. The average Bonchev–Trinajstić information content (AvgIpc) is 2.99. The van der Waals surface area contributed by atoms with Crippen molar-refractivity contribution in [3.8, 4) is 11.5 Å². The number of para-hydroxylation sites is 1. The van der Waals surface area contributed by atoms with E-state index in [0.29, 0.717) is 59.5 Å². The molecular formula is C28H26BrN7O4. The molecule has 3 aromatic carbocycles. The molecule has 1 saturated heterocycles. The van der Waals surface area contributed by atoms with Crippen LogP contribution in [0.2, 0.25) is 0 Å². The van der Waals surface area contributed by atoms with Crippen LogP contribution in [0.3, 0.4) is 0 Å². The highest BCUT2D eigenvalue weighted by molar-refractivity contribution is 9.10. The number of hydrogen-bond acceptors (Lipinski definition) is 11. The molecule has 0 unspecified atom stereocenters. The fourth-order valence-electron chi connectivity index (χ4n) is 3.82. The van der Waals surface area contributed by atoms with E-state index in [1.807, 2.05) is 41.3 Å². The number of halogens is 1. The molecule has 2 N–H and O–H groups in total. The van der Waals surface area contributed by atoms with Crippen LogP contribution in [-0.4, -0.2) is 60.5 Å². The summed E-state index contributed by atoms with van der Waals surface area (Å²) in [5, 5.41) is 7.51. The molecular weight excluding hydrogens is 578 g/mol. The maximum absolute atomic E-state index is 12.6. The van der Waals surface area contributed by atoms with Gasteiger partial charge in [0.2, 0.25) is 17.8 Å². The molecule has 1 aromatic heterocycles. The molecule has 0 radical (unpaired) electrons. The van der Waals surface area contributed by atoms with E-state index in [1.165, 1.54) is 7.11 Å². The first-order valence-corrected chi connectivity index (χ1v) is 13.2. The van der Waals surface area contributed by atoms with Gasteiger partial charge in [-0.05, 0) is 64.0 Å². The van der Waals surface area contributed by atoms with Crippen LogP contribution < -0.4 is 25.1 Å². The van der Waals surface area contributed by atoms with Gasteiger partial charge in [0.1, 0.15) is 0 Å². The van der Waals surface area contributed by atoms with Crippen molar-refractivity contribution < 1.29 is 19.0 Å². The quantitative estimate of drug-likeness (QED) is 0.118. The van der Waals surface area contributed by atoms with Gasteiger partial charge in [-0.2, -0.15) is 20.1 Å². The van der Waals surface area contributed by atoms with Gasteiger partial charge < -0.3 is 24.4 Å².